The first-order valence-electron chi connectivity index (χ1n) is 6.04. The van der Waals surface area contributed by atoms with Gasteiger partial charge in [-0.2, -0.15) is 0 Å². The Morgan fingerprint density at radius 2 is 1.94 bits per heavy atom. The summed E-state index contributed by atoms with van der Waals surface area (Å²) in [5.41, 5.74) is 6.14. The summed E-state index contributed by atoms with van der Waals surface area (Å²) in [4.78, 5) is 12.1. The Bertz CT molecular complexity index is 430. The Hall–Kier alpha value is -0.570. The summed E-state index contributed by atoms with van der Waals surface area (Å²) < 4.78 is 0. The minimum absolute atomic E-state index is 0.0348. The van der Waals surface area contributed by atoms with E-state index < -0.39 is 0 Å². The molecule has 0 aliphatic heterocycles. The molecule has 0 aliphatic carbocycles. The molecule has 0 saturated heterocycles. The van der Waals surface area contributed by atoms with Crippen molar-refractivity contribution in [3.8, 4) is 0 Å². The molecule has 0 saturated carbocycles. The minimum atomic E-state index is 0.0348. The second kappa shape index (κ2) is 6.55. The van der Waals surface area contributed by atoms with Crippen molar-refractivity contribution < 1.29 is 4.79 Å². The lowest BCUT2D eigenvalue weighted by Crippen LogP contribution is -2.18. The molecule has 0 amide bonds. The van der Waals surface area contributed by atoms with Crippen molar-refractivity contribution in [2.75, 3.05) is 6.54 Å². The zero-order valence-corrected chi connectivity index (χ0v) is 12.3. The lowest BCUT2D eigenvalue weighted by atomic mass is 9.83. The summed E-state index contributed by atoms with van der Waals surface area (Å²) in [6.07, 6.45) is 2.17. The van der Waals surface area contributed by atoms with E-state index in [1.165, 1.54) is 0 Å². The Balaban J connectivity index is 2.69. The third-order valence-electron chi connectivity index (χ3n) is 3.08. The van der Waals surface area contributed by atoms with Crippen LogP contribution >= 0.6 is 23.2 Å². The van der Waals surface area contributed by atoms with Crippen LogP contribution in [0.1, 0.15) is 43.5 Å². The van der Waals surface area contributed by atoms with E-state index in [2.05, 4.69) is 13.8 Å². The molecule has 0 aliphatic rings. The molecule has 0 heterocycles. The summed E-state index contributed by atoms with van der Waals surface area (Å²) in [6.45, 7) is 4.87. The predicted molar refractivity (Wildman–Crippen MR) is 77.5 cm³/mol. The van der Waals surface area contributed by atoms with Crippen LogP contribution in [0, 0.1) is 5.41 Å². The van der Waals surface area contributed by atoms with Crippen LogP contribution in [0.3, 0.4) is 0 Å². The fraction of sp³-hybridized carbons (Fsp3) is 0.500. The van der Waals surface area contributed by atoms with Gasteiger partial charge in [-0.25, -0.2) is 0 Å². The molecule has 0 bridgehead atoms. The highest BCUT2D eigenvalue weighted by atomic mass is 35.5. The van der Waals surface area contributed by atoms with E-state index in [4.69, 9.17) is 28.9 Å². The summed E-state index contributed by atoms with van der Waals surface area (Å²) >= 11 is 11.9. The molecule has 2 N–H and O–H groups in total. The predicted octanol–water partition coefficient (Wildman–Crippen LogP) is 4.33. The SMILES string of the molecule is CC(C)(CCN)CCC(=O)c1cc(Cl)ccc1Cl. The maximum Gasteiger partial charge on any atom is 0.164 e. The van der Waals surface area contributed by atoms with Gasteiger partial charge in [0.25, 0.3) is 0 Å². The lowest BCUT2D eigenvalue weighted by Gasteiger charge is -2.23. The zero-order chi connectivity index (χ0) is 13.8. The average Bonchev–Trinajstić information content (AvgIpc) is 2.29. The Kier molecular flexibility index (Phi) is 5.64. The second-order valence-electron chi connectivity index (χ2n) is 5.25. The normalized spacial score (nSPS) is 11.6. The number of hydrogen-bond donors (Lipinski definition) is 1. The van der Waals surface area contributed by atoms with Gasteiger partial charge in [0.2, 0.25) is 0 Å². The first-order chi connectivity index (χ1) is 8.35. The van der Waals surface area contributed by atoms with Crippen LogP contribution in [-0.4, -0.2) is 12.3 Å². The molecule has 0 unspecified atom stereocenters. The molecule has 2 nitrogen and oxygen atoms in total. The first-order valence-corrected chi connectivity index (χ1v) is 6.79. The van der Waals surface area contributed by atoms with Gasteiger partial charge in [0.15, 0.2) is 5.78 Å². The van der Waals surface area contributed by atoms with Crippen molar-refractivity contribution in [2.45, 2.75) is 33.1 Å². The van der Waals surface area contributed by atoms with Crippen LogP contribution in [0.15, 0.2) is 18.2 Å². The smallest absolute Gasteiger partial charge is 0.164 e. The molecular formula is C14H19Cl2NO. The second-order valence-corrected chi connectivity index (χ2v) is 6.09. The number of carbonyl (C=O) groups excluding carboxylic acids is 1. The van der Waals surface area contributed by atoms with Crippen LogP contribution in [-0.2, 0) is 0 Å². The van der Waals surface area contributed by atoms with Crippen molar-refractivity contribution >= 4 is 29.0 Å². The van der Waals surface area contributed by atoms with Crippen LogP contribution in [0.25, 0.3) is 0 Å². The number of nitrogens with two attached hydrogens (primary N) is 1. The van der Waals surface area contributed by atoms with Gasteiger partial charge in [-0.1, -0.05) is 37.0 Å². The standard InChI is InChI=1S/C14H19Cl2NO/c1-14(2,7-8-17)6-5-13(18)11-9-10(15)3-4-12(11)16/h3-4,9H,5-8,17H2,1-2H3. The molecule has 4 heteroatoms. The Labute approximate surface area is 118 Å². The van der Waals surface area contributed by atoms with Gasteiger partial charge in [0.1, 0.15) is 0 Å². The molecule has 1 aromatic carbocycles. The van der Waals surface area contributed by atoms with Gasteiger partial charge in [-0.3, -0.25) is 4.79 Å². The molecule has 0 spiro atoms. The minimum Gasteiger partial charge on any atom is -0.330 e. The topological polar surface area (TPSA) is 43.1 Å². The van der Waals surface area contributed by atoms with Gasteiger partial charge in [0, 0.05) is 17.0 Å². The van der Waals surface area contributed by atoms with Gasteiger partial charge in [-0.15, -0.1) is 0 Å². The van der Waals surface area contributed by atoms with Gasteiger partial charge in [0.05, 0.1) is 5.02 Å². The molecule has 18 heavy (non-hydrogen) atoms. The van der Waals surface area contributed by atoms with E-state index in [1.807, 2.05) is 0 Å². The molecule has 100 valence electrons. The quantitative estimate of drug-likeness (QED) is 0.792. The number of ketones is 1. The molecule has 0 atom stereocenters. The average molecular weight is 288 g/mol. The van der Waals surface area contributed by atoms with Crippen LogP contribution in [0.2, 0.25) is 10.0 Å². The highest BCUT2D eigenvalue weighted by Crippen LogP contribution is 2.28. The summed E-state index contributed by atoms with van der Waals surface area (Å²) in [7, 11) is 0. The number of benzene rings is 1. The number of Topliss-reactive ketones (excluding diaryl/α,β-unsaturated/α-hetero) is 1. The third-order valence-corrected chi connectivity index (χ3v) is 3.64. The molecular weight excluding hydrogens is 269 g/mol. The molecule has 0 aromatic heterocycles. The number of halogens is 2. The largest absolute Gasteiger partial charge is 0.330 e. The summed E-state index contributed by atoms with van der Waals surface area (Å²) in [5, 5.41) is 0.991. The van der Waals surface area contributed by atoms with Crippen molar-refractivity contribution in [3.63, 3.8) is 0 Å². The van der Waals surface area contributed by atoms with E-state index in [-0.39, 0.29) is 11.2 Å². The Morgan fingerprint density at radius 3 is 2.56 bits per heavy atom. The summed E-state index contributed by atoms with van der Waals surface area (Å²) in [5.74, 6) is 0.0348. The van der Waals surface area contributed by atoms with Crippen LogP contribution in [0.4, 0.5) is 0 Å². The Morgan fingerprint density at radius 1 is 1.28 bits per heavy atom. The number of carbonyl (C=O) groups is 1. The van der Waals surface area contributed by atoms with E-state index in [0.29, 0.717) is 28.6 Å². The maximum atomic E-state index is 12.1. The van der Waals surface area contributed by atoms with Gasteiger partial charge >= 0.3 is 0 Å². The van der Waals surface area contributed by atoms with Gasteiger partial charge in [-0.05, 0) is 43.0 Å². The molecule has 1 rings (SSSR count). The maximum absolute atomic E-state index is 12.1. The van der Waals surface area contributed by atoms with Crippen molar-refractivity contribution in [1.82, 2.24) is 0 Å². The molecule has 0 fully saturated rings. The highest BCUT2D eigenvalue weighted by Gasteiger charge is 2.20. The number of hydrogen-bond acceptors (Lipinski definition) is 2. The first kappa shape index (κ1) is 15.5. The van der Waals surface area contributed by atoms with Crippen molar-refractivity contribution in [2.24, 2.45) is 11.1 Å². The van der Waals surface area contributed by atoms with Crippen molar-refractivity contribution in [1.29, 1.82) is 0 Å². The van der Waals surface area contributed by atoms with Crippen molar-refractivity contribution in [3.05, 3.63) is 33.8 Å². The lowest BCUT2D eigenvalue weighted by molar-refractivity contribution is 0.0962. The van der Waals surface area contributed by atoms with E-state index >= 15 is 0 Å². The zero-order valence-electron chi connectivity index (χ0n) is 10.8. The summed E-state index contributed by atoms with van der Waals surface area (Å²) in [6, 6.07) is 4.96. The van der Waals surface area contributed by atoms with Crippen LogP contribution in [0.5, 0.6) is 0 Å². The highest BCUT2D eigenvalue weighted by molar-refractivity contribution is 6.35. The van der Waals surface area contributed by atoms with E-state index in [1.54, 1.807) is 18.2 Å². The monoisotopic (exact) mass is 287 g/mol. The van der Waals surface area contributed by atoms with Crippen LogP contribution < -0.4 is 5.73 Å². The molecule has 0 radical (unpaired) electrons. The fourth-order valence-electron chi connectivity index (χ4n) is 1.81. The van der Waals surface area contributed by atoms with Gasteiger partial charge < -0.3 is 5.73 Å². The molecule has 1 aromatic rings. The third kappa shape index (κ3) is 4.60. The van der Waals surface area contributed by atoms with E-state index in [9.17, 15) is 4.79 Å². The number of rotatable bonds is 6. The van der Waals surface area contributed by atoms with E-state index in [0.717, 1.165) is 12.8 Å². The fourth-order valence-corrected chi connectivity index (χ4v) is 2.21.